The number of urea groups is 1. The van der Waals surface area contributed by atoms with Crippen molar-refractivity contribution in [1.29, 1.82) is 0 Å². The zero-order valence-corrected chi connectivity index (χ0v) is 19.1. The summed E-state index contributed by atoms with van der Waals surface area (Å²) in [6.07, 6.45) is -0.0708. The molecule has 4 aromatic rings. The quantitative estimate of drug-likeness (QED) is 0.367. The van der Waals surface area contributed by atoms with Crippen molar-refractivity contribution in [3.8, 4) is 22.6 Å². The topological polar surface area (TPSA) is 96.2 Å². The minimum atomic E-state index is -4.47. The van der Waals surface area contributed by atoms with Crippen molar-refractivity contribution in [3.63, 3.8) is 0 Å². The number of pyridine rings is 2. The number of nitrogens with one attached hydrogen (secondary N) is 2. The smallest absolute Gasteiger partial charge is 0.416 e. The van der Waals surface area contributed by atoms with E-state index in [4.69, 9.17) is 4.42 Å². The van der Waals surface area contributed by atoms with Gasteiger partial charge in [0, 0.05) is 30.4 Å². The van der Waals surface area contributed by atoms with E-state index in [1.807, 2.05) is 6.92 Å². The van der Waals surface area contributed by atoms with Gasteiger partial charge in [0.2, 0.25) is 0 Å². The van der Waals surface area contributed by atoms with Crippen LogP contribution >= 0.6 is 0 Å². The molecule has 2 N–H and O–H groups in total. The van der Waals surface area contributed by atoms with Crippen LogP contribution in [0.15, 0.2) is 71.7 Å². The van der Waals surface area contributed by atoms with E-state index in [0.29, 0.717) is 53.0 Å². The Morgan fingerprint density at radius 3 is 2.81 bits per heavy atom. The molecule has 8 nitrogen and oxygen atoms in total. The fourth-order valence-electron chi connectivity index (χ4n) is 3.92. The lowest BCUT2D eigenvalue weighted by atomic mass is 10.1. The molecule has 1 aliphatic heterocycles. The summed E-state index contributed by atoms with van der Waals surface area (Å²) in [6.45, 7) is 2.92. The molecule has 2 amide bonds. The number of hydrogen-bond donors (Lipinski definition) is 2. The van der Waals surface area contributed by atoms with Crippen molar-refractivity contribution in [2.24, 2.45) is 5.92 Å². The van der Waals surface area contributed by atoms with E-state index in [0.717, 1.165) is 12.1 Å². The molecule has 0 fully saturated rings. The second kappa shape index (κ2) is 9.33. The molecule has 0 saturated heterocycles. The van der Waals surface area contributed by atoms with E-state index >= 15 is 0 Å². The first-order valence-electron chi connectivity index (χ1n) is 11.1. The molecule has 0 saturated carbocycles. The number of carbonyl (C=O) groups excluding carboxylic acids is 1. The number of benzene rings is 1. The van der Waals surface area contributed by atoms with Gasteiger partial charge in [-0.1, -0.05) is 19.1 Å². The van der Waals surface area contributed by atoms with E-state index in [9.17, 15) is 18.0 Å². The van der Waals surface area contributed by atoms with Crippen molar-refractivity contribution in [1.82, 2.24) is 15.0 Å². The van der Waals surface area contributed by atoms with Gasteiger partial charge in [0.1, 0.15) is 5.82 Å². The molecular formula is C25H21F3N6O2. The molecule has 0 aliphatic carbocycles. The lowest BCUT2D eigenvalue weighted by Crippen LogP contribution is -2.38. The van der Waals surface area contributed by atoms with Crippen LogP contribution in [0.1, 0.15) is 12.5 Å². The maximum atomic E-state index is 13.4. The van der Waals surface area contributed by atoms with Gasteiger partial charge >= 0.3 is 12.2 Å². The summed E-state index contributed by atoms with van der Waals surface area (Å²) < 4.78 is 45.0. The van der Waals surface area contributed by atoms with Crippen LogP contribution in [0, 0.1) is 5.92 Å². The monoisotopic (exact) mass is 494 g/mol. The lowest BCUT2D eigenvalue weighted by Gasteiger charge is -2.23. The normalized spacial score (nSPS) is 15.6. The van der Waals surface area contributed by atoms with Gasteiger partial charge in [-0.3, -0.25) is 10.2 Å². The van der Waals surface area contributed by atoms with E-state index < -0.39 is 17.8 Å². The average molecular weight is 494 g/mol. The Morgan fingerprint density at radius 2 is 2.03 bits per heavy atom. The van der Waals surface area contributed by atoms with E-state index in [1.54, 1.807) is 36.5 Å². The first-order chi connectivity index (χ1) is 17.3. The minimum Gasteiger partial charge on any atom is -0.444 e. The maximum Gasteiger partial charge on any atom is 0.416 e. The fraction of sp³-hybridized carbons (Fsp3) is 0.200. The van der Waals surface area contributed by atoms with Crippen LogP contribution in [0.5, 0.6) is 0 Å². The highest BCUT2D eigenvalue weighted by Crippen LogP contribution is 2.35. The number of amides is 2. The number of oxazole rings is 1. The van der Waals surface area contributed by atoms with E-state index in [1.165, 1.54) is 23.6 Å². The Morgan fingerprint density at radius 1 is 1.17 bits per heavy atom. The summed E-state index contributed by atoms with van der Waals surface area (Å²) >= 11 is 0. The van der Waals surface area contributed by atoms with Crippen LogP contribution < -0.4 is 15.5 Å². The van der Waals surface area contributed by atoms with Crippen LogP contribution in [0.25, 0.3) is 22.6 Å². The third kappa shape index (κ3) is 4.85. The number of aromatic nitrogens is 3. The SMILES string of the molecule is C[C@@H]1CNc2ccc(-c3cccc(C(F)(F)F)c3)nc2N(C(=O)Nc2cc(-c3cnco3)ccn2)C1. The van der Waals surface area contributed by atoms with Gasteiger partial charge in [0.25, 0.3) is 0 Å². The third-order valence-electron chi connectivity index (χ3n) is 5.71. The molecule has 1 atom stereocenters. The van der Waals surface area contributed by atoms with Crippen molar-refractivity contribution < 1.29 is 22.4 Å². The second-order valence-corrected chi connectivity index (χ2v) is 8.47. The number of rotatable bonds is 3. The molecule has 5 rings (SSSR count). The fourth-order valence-corrected chi connectivity index (χ4v) is 3.92. The van der Waals surface area contributed by atoms with Gasteiger partial charge in [0.05, 0.1) is 23.1 Å². The van der Waals surface area contributed by atoms with Crippen LogP contribution in [-0.4, -0.2) is 34.1 Å². The third-order valence-corrected chi connectivity index (χ3v) is 5.71. The van der Waals surface area contributed by atoms with Crippen LogP contribution in [0.2, 0.25) is 0 Å². The van der Waals surface area contributed by atoms with Gasteiger partial charge in [-0.05, 0) is 42.3 Å². The first-order valence-corrected chi connectivity index (χ1v) is 11.1. The number of anilines is 3. The molecular weight excluding hydrogens is 473 g/mol. The molecule has 0 spiro atoms. The van der Waals surface area contributed by atoms with Crippen molar-refractivity contribution in [2.75, 3.05) is 28.6 Å². The average Bonchev–Trinajstić information content (AvgIpc) is 3.35. The second-order valence-electron chi connectivity index (χ2n) is 8.47. The molecule has 1 aliphatic rings. The number of hydrogen-bond acceptors (Lipinski definition) is 6. The molecule has 1 aromatic carbocycles. The van der Waals surface area contributed by atoms with Crippen LogP contribution in [-0.2, 0) is 6.18 Å². The van der Waals surface area contributed by atoms with Crippen molar-refractivity contribution >= 4 is 23.4 Å². The minimum absolute atomic E-state index is 0.0791. The molecule has 0 radical (unpaired) electrons. The number of nitrogens with zero attached hydrogens (tertiary/aromatic N) is 4. The predicted molar refractivity (Wildman–Crippen MR) is 128 cm³/mol. The maximum absolute atomic E-state index is 13.4. The molecule has 0 bridgehead atoms. The number of alkyl halides is 3. The molecule has 4 heterocycles. The standard InChI is InChI=1S/C25H21F3N6O2/c1-15-11-31-20-6-5-19(16-3-2-4-18(9-16)25(26,27)28)32-23(20)34(13-15)24(35)33-22-10-17(7-8-30-22)21-12-29-14-36-21/h2-10,12,14-15,31H,11,13H2,1H3,(H,30,33,35)/t15-/m1/s1. The predicted octanol–water partition coefficient (Wildman–Crippen LogP) is 5.92. The van der Waals surface area contributed by atoms with Gasteiger partial charge in [-0.2, -0.15) is 13.2 Å². The zero-order chi connectivity index (χ0) is 25.3. The van der Waals surface area contributed by atoms with E-state index in [2.05, 4.69) is 25.6 Å². The number of fused-ring (bicyclic) bond motifs is 1. The Balaban J connectivity index is 1.47. The Kier molecular flexibility index (Phi) is 6.05. The summed E-state index contributed by atoms with van der Waals surface area (Å²) in [5.74, 6) is 1.22. The summed E-state index contributed by atoms with van der Waals surface area (Å²) in [5, 5.41) is 6.06. The summed E-state index contributed by atoms with van der Waals surface area (Å²) in [6, 6.07) is 11.2. The molecule has 0 unspecified atom stereocenters. The van der Waals surface area contributed by atoms with Gasteiger partial charge in [-0.15, -0.1) is 0 Å². The van der Waals surface area contributed by atoms with E-state index in [-0.39, 0.29) is 5.92 Å². The summed E-state index contributed by atoms with van der Waals surface area (Å²) in [5.41, 5.74) is 1.14. The largest absolute Gasteiger partial charge is 0.444 e. The Hall–Kier alpha value is -4.41. The van der Waals surface area contributed by atoms with Crippen molar-refractivity contribution in [2.45, 2.75) is 13.1 Å². The molecule has 184 valence electrons. The highest BCUT2D eigenvalue weighted by atomic mass is 19.4. The van der Waals surface area contributed by atoms with Crippen molar-refractivity contribution in [3.05, 3.63) is 72.9 Å². The number of halogens is 3. The Bertz CT molecular complexity index is 1390. The van der Waals surface area contributed by atoms with Crippen LogP contribution in [0.4, 0.5) is 35.3 Å². The zero-order valence-electron chi connectivity index (χ0n) is 19.1. The summed E-state index contributed by atoms with van der Waals surface area (Å²) in [4.78, 5) is 27.6. The lowest BCUT2D eigenvalue weighted by molar-refractivity contribution is -0.137. The van der Waals surface area contributed by atoms with Gasteiger partial charge < -0.3 is 9.73 Å². The molecule has 11 heteroatoms. The highest BCUT2D eigenvalue weighted by Gasteiger charge is 2.31. The molecule has 3 aromatic heterocycles. The first kappa shape index (κ1) is 23.3. The summed E-state index contributed by atoms with van der Waals surface area (Å²) in [7, 11) is 0. The molecule has 36 heavy (non-hydrogen) atoms. The van der Waals surface area contributed by atoms with Crippen LogP contribution in [0.3, 0.4) is 0 Å². The highest BCUT2D eigenvalue weighted by molar-refractivity contribution is 6.03. The number of carbonyl (C=O) groups is 1. The van der Waals surface area contributed by atoms with Gasteiger partial charge in [-0.25, -0.2) is 19.7 Å². The van der Waals surface area contributed by atoms with Gasteiger partial charge in [0.15, 0.2) is 18.0 Å². The Labute approximate surface area is 204 Å².